The lowest BCUT2D eigenvalue weighted by Crippen LogP contribution is -2.30. The maximum absolute atomic E-state index is 12.4. The van der Waals surface area contributed by atoms with Gasteiger partial charge in [-0.2, -0.15) is 13.2 Å². The Hall–Kier alpha value is -1.56. The molecular weight excluding hydrogens is 235 g/mol. The van der Waals surface area contributed by atoms with Crippen LogP contribution in [0.5, 0.6) is 0 Å². The minimum atomic E-state index is -4.47. The van der Waals surface area contributed by atoms with E-state index in [0.29, 0.717) is 0 Å². The molecule has 1 rings (SSSR count). The summed E-state index contributed by atoms with van der Waals surface area (Å²) in [5.41, 5.74) is -0.956. The van der Waals surface area contributed by atoms with Crippen LogP contribution in [0.1, 0.15) is 22.8 Å². The van der Waals surface area contributed by atoms with Crippen LogP contribution in [0, 0.1) is 0 Å². The highest BCUT2D eigenvalue weighted by Crippen LogP contribution is 2.29. The molecule has 0 saturated heterocycles. The first-order valence-electron chi connectivity index (χ1n) is 4.94. The molecule has 0 aliphatic rings. The first-order chi connectivity index (χ1) is 7.80. The molecule has 0 radical (unpaired) electrons. The van der Waals surface area contributed by atoms with Crippen LogP contribution in [0.4, 0.5) is 13.2 Å². The Bertz CT molecular complexity index is 402. The van der Waals surface area contributed by atoms with Gasteiger partial charge < -0.3 is 10.4 Å². The molecule has 0 spiro atoms. The van der Waals surface area contributed by atoms with E-state index < -0.39 is 23.8 Å². The summed E-state index contributed by atoms with van der Waals surface area (Å²) in [5, 5.41) is 11.3. The summed E-state index contributed by atoms with van der Waals surface area (Å²) in [5.74, 6) is -0.642. The summed E-state index contributed by atoms with van der Waals surface area (Å²) in [6.07, 6.45) is -5.22. The van der Waals surface area contributed by atoms with Gasteiger partial charge in [0.2, 0.25) is 0 Å². The molecule has 0 unspecified atom stereocenters. The normalized spacial score (nSPS) is 13.2. The van der Waals surface area contributed by atoms with E-state index in [-0.39, 0.29) is 12.1 Å². The molecule has 3 nitrogen and oxygen atoms in total. The van der Waals surface area contributed by atoms with Crippen molar-refractivity contribution >= 4 is 5.91 Å². The molecule has 0 aliphatic heterocycles. The van der Waals surface area contributed by atoms with Gasteiger partial charge in [0.25, 0.3) is 5.91 Å². The van der Waals surface area contributed by atoms with Gasteiger partial charge in [-0.3, -0.25) is 4.79 Å². The Morgan fingerprint density at radius 2 is 2.12 bits per heavy atom. The standard InChI is InChI=1S/C11H12F3NO2/c1-7(16)6-15-10(17)8-3-2-4-9(5-8)11(12,13)14/h2-5,7,16H,6H2,1H3,(H,15,17)/t7-/m0/s1. The smallest absolute Gasteiger partial charge is 0.392 e. The van der Waals surface area contributed by atoms with Crippen molar-refractivity contribution in [3.05, 3.63) is 35.4 Å². The Balaban J connectivity index is 2.81. The predicted octanol–water partition coefficient (Wildman–Crippen LogP) is 1.82. The van der Waals surface area contributed by atoms with Crippen molar-refractivity contribution in [2.45, 2.75) is 19.2 Å². The second-order valence-corrected chi connectivity index (χ2v) is 3.64. The number of carbonyl (C=O) groups is 1. The van der Waals surface area contributed by atoms with E-state index in [1.807, 2.05) is 0 Å². The quantitative estimate of drug-likeness (QED) is 0.855. The number of nitrogens with one attached hydrogen (secondary N) is 1. The van der Waals surface area contributed by atoms with Crippen molar-refractivity contribution in [3.8, 4) is 0 Å². The summed E-state index contributed by atoms with van der Waals surface area (Å²) in [6.45, 7) is 1.46. The number of hydrogen-bond donors (Lipinski definition) is 2. The molecule has 1 atom stereocenters. The average molecular weight is 247 g/mol. The van der Waals surface area contributed by atoms with E-state index in [1.165, 1.54) is 19.1 Å². The lowest BCUT2D eigenvalue weighted by molar-refractivity contribution is -0.137. The molecule has 0 fully saturated rings. The average Bonchev–Trinajstić information content (AvgIpc) is 2.25. The number of benzene rings is 1. The summed E-state index contributed by atoms with van der Waals surface area (Å²) >= 11 is 0. The molecule has 0 aliphatic carbocycles. The van der Waals surface area contributed by atoms with Gasteiger partial charge in [0.05, 0.1) is 11.7 Å². The lowest BCUT2D eigenvalue weighted by Gasteiger charge is -2.10. The fraction of sp³-hybridized carbons (Fsp3) is 0.364. The minimum Gasteiger partial charge on any atom is -0.392 e. The van der Waals surface area contributed by atoms with Gasteiger partial charge in [-0.25, -0.2) is 0 Å². The number of alkyl halides is 3. The van der Waals surface area contributed by atoms with E-state index in [9.17, 15) is 18.0 Å². The zero-order valence-corrected chi connectivity index (χ0v) is 9.08. The van der Waals surface area contributed by atoms with Crippen LogP contribution in [0.15, 0.2) is 24.3 Å². The Kier molecular flexibility index (Phi) is 4.11. The SMILES string of the molecule is C[C@H](O)CNC(=O)c1cccc(C(F)(F)F)c1. The lowest BCUT2D eigenvalue weighted by atomic mass is 10.1. The zero-order valence-electron chi connectivity index (χ0n) is 9.08. The van der Waals surface area contributed by atoms with Gasteiger partial charge in [0, 0.05) is 12.1 Å². The van der Waals surface area contributed by atoms with Gasteiger partial charge in [-0.1, -0.05) is 6.07 Å². The second kappa shape index (κ2) is 5.18. The van der Waals surface area contributed by atoms with Gasteiger partial charge in [0.1, 0.15) is 0 Å². The number of aliphatic hydroxyl groups is 1. The molecule has 0 heterocycles. The van der Waals surface area contributed by atoms with Gasteiger partial charge >= 0.3 is 6.18 Å². The highest BCUT2D eigenvalue weighted by molar-refractivity contribution is 5.94. The molecule has 6 heteroatoms. The Morgan fingerprint density at radius 1 is 1.47 bits per heavy atom. The van der Waals surface area contributed by atoms with Crippen LogP contribution >= 0.6 is 0 Å². The molecule has 1 aromatic carbocycles. The molecule has 0 saturated carbocycles. The highest BCUT2D eigenvalue weighted by Gasteiger charge is 2.30. The summed E-state index contributed by atoms with van der Waals surface area (Å²) < 4.78 is 37.1. The summed E-state index contributed by atoms with van der Waals surface area (Å²) in [7, 11) is 0. The molecule has 0 bridgehead atoms. The number of carbonyl (C=O) groups excluding carboxylic acids is 1. The maximum Gasteiger partial charge on any atom is 0.416 e. The van der Waals surface area contributed by atoms with E-state index in [4.69, 9.17) is 5.11 Å². The van der Waals surface area contributed by atoms with Crippen molar-refractivity contribution in [1.82, 2.24) is 5.32 Å². The van der Waals surface area contributed by atoms with Crippen molar-refractivity contribution in [1.29, 1.82) is 0 Å². The topological polar surface area (TPSA) is 49.3 Å². The Morgan fingerprint density at radius 3 is 2.65 bits per heavy atom. The van der Waals surface area contributed by atoms with Crippen LogP contribution < -0.4 is 5.32 Å². The number of halogens is 3. The molecule has 2 N–H and O–H groups in total. The maximum atomic E-state index is 12.4. The van der Waals surface area contributed by atoms with E-state index in [0.717, 1.165) is 12.1 Å². The van der Waals surface area contributed by atoms with Crippen LogP contribution in [-0.4, -0.2) is 23.7 Å². The van der Waals surface area contributed by atoms with Crippen molar-refractivity contribution in [2.75, 3.05) is 6.54 Å². The number of amides is 1. The highest BCUT2D eigenvalue weighted by atomic mass is 19.4. The monoisotopic (exact) mass is 247 g/mol. The molecular formula is C11H12F3NO2. The summed E-state index contributed by atoms with van der Waals surface area (Å²) in [4.78, 5) is 11.4. The summed E-state index contributed by atoms with van der Waals surface area (Å²) in [6, 6.07) is 4.12. The van der Waals surface area contributed by atoms with Crippen LogP contribution in [0.2, 0.25) is 0 Å². The third kappa shape index (κ3) is 4.07. The fourth-order valence-corrected chi connectivity index (χ4v) is 1.18. The van der Waals surface area contributed by atoms with E-state index in [2.05, 4.69) is 5.32 Å². The van der Waals surface area contributed by atoms with Gasteiger partial charge in [0.15, 0.2) is 0 Å². The predicted molar refractivity (Wildman–Crippen MR) is 55.5 cm³/mol. The van der Waals surface area contributed by atoms with Crippen molar-refractivity contribution < 1.29 is 23.1 Å². The van der Waals surface area contributed by atoms with E-state index >= 15 is 0 Å². The fourth-order valence-electron chi connectivity index (χ4n) is 1.18. The van der Waals surface area contributed by atoms with Crippen LogP contribution in [0.25, 0.3) is 0 Å². The minimum absolute atomic E-state index is 0.00488. The van der Waals surface area contributed by atoms with Crippen molar-refractivity contribution in [2.24, 2.45) is 0 Å². The third-order valence-corrected chi connectivity index (χ3v) is 2.01. The molecule has 1 amide bonds. The molecule has 17 heavy (non-hydrogen) atoms. The number of hydrogen-bond acceptors (Lipinski definition) is 2. The number of aliphatic hydroxyl groups excluding tert-OH is 1. The van der Waals surface area contributed by atoms with Crippen LogP contribution in [0.3, 0.4) is 0 Å². The molecule has 1 aromatic rings. The van der Waals surface area contributed by atoms with E-state index in [1.54, 1.807) is 0 Å². The van der Waals surface area contributed by atoms with Crippen molar-refractivity contribution in [3.63, 3.8) is 0 Å². The molecule has 94 valence electrons. The first kappa shape index (κ1) is 13.5. The Labute approximate surface area is 96.3 Å². The largest absolute Gasteiger partial charge is 0.416 e. The third-order valence-electron chi connectivity index (χ3n) is 2.01. The molecule has 0 aromatic heterocycles. The number of rotatable bonds is 3. The second-order valence-electron chi connectivity index (χ2n) is 3.64. The van der Waals surface area contributed by atoms with Crippen LogP contribution in [-0.2, 0) is 6.18 Å². The van der Waals surface area contributed by atoms with Gasteiger partial charge in [-0.15, -0.1) is 0 Å². The zero-order chi connectivity index (χ0) is 13.1. The van der Waals surface area contributed by atoms with Gasteiger partial charge in [-0.05, 0) is 25.1 Å². The first-order valence-corrected chi connectivity index (χ1v) is 4.94.